The van der Waals surface area contributed by atoms with Gasteiger partial charge in [-0.05, 0) is 17.6 Å². The van der Waals surface area contributed by atoms with Gasteiger partial charge in [-0.3, -0.25) is 0 Å². The number of hydrogen-bond donors (Lipinski definition) is 4. The molecule has 1 heterocycles. The second-order valence-electron chi connectivity index (χ2n) is 3.17. The molecule has 0 saturated heterocycles. The molecule has 6 heteroatoms. The molecule has 0 amide bonds. The standard InChI is InChI=1S/C9H8BNO4/c12-9(13)8-4-5-6(10(14)15)2-1-3-7(5)11-8/h1-4,11,14-15H,(H,12,13). The zero-order valence-electron chi connectivity index (χ0n) is 7.64. The average Bonchev–Trinajstić information content (AvgIpc) is 2.60. The molecule has 0 atom stereocenters. The monoisotopic (exact) mass is 205 g/mol. The van der Waals surface area contributed by atoms with E-state index >= 15 is 0 Å². The number of benzene rings is 1. The Kier molecular flexibility index (Phi) is 2.22. The number of aromatic nitrogens is 1. The maximum atomic E-state index is 10.7. The third-order valence-electron chi connectivity index (χ3n) is 2.21. The summed E-state index contributed by atoms with van der Waals surface area (Å²) < 4.78 is 0. The minimum atomic E-state index is -1.61. The van der Waals surface area contributed by atoms with Crippen LogP contribution in [0.4, 0.5) is 0 Å². The van der Waals surface area contributed by atoms with Crippen LogP contribution in [0.25, 0.3) is 10.9 Å². The summed E-state index contributed by atoms with van der Waals surface area (Å²) in [6, 6.07) is 6.21. The van der Waals surface area contributed by atoms with Gasteiger partial charge < -0.3 is 20.1 Å². The molecule has 0 aliphatic heterocycles. The number of hydrogen-bond acceptors (Lipinski definition) is 3. The highest BCUT2D eigenvalue weighted by atomic mass is 16.4. The number of carboxylic acids is 1. The number of H-pyrrole nitrogens is 1. The van der Waals surface area contributed by atoms with Crippen molar-refractivity contribution in [3.8, 4) is 0 Å². The minimum absolute atomic E-state index is 0.0260. The van der Waals surface area contributed by atoms with Crippen molar-refractivity contribution in [2.75, 3.05) is 0 Å². The molecular weight excluding hydrogens is 197 g/mol. The molecule has 5 nitrogen and oxygen atoms in total. The van der Waals surface area contributed by atoms with Crippen LogP contribution in [-0.4, -0.2) is 33.2 Å². The fraction of sp³-hybridized carbons (Fsp3) is 0. The van der Waals surface area contributed by atoms with E-state index in [1.54, 1.807) is 12.1 Å². The van der Waals surface area contributed by atoms with Gasteiger partial charge in [0.2, 0.25) is 0 Å². The summed E-state index contributed by atoms with van der Waals surface area (Å²) in [7, 11) is -1.61. The first-order valence-corrected chi connectivity index (χ1v) is 4.30. The Balaban J connectivity index is 2.69. The van der Waals surface area contributed by atoms with E-state index in [0.717, 1.165) is 0 Å². The number of aromatic carboxylic acids is 1. The highest BCUT2D eigenvalue weighted by Gasteiger charge is 2.17. The molecule has 0 bridgehead atoms. The Morgan fingerprint density at radius 3 is 2.67 bits per heavy atom. The molecule has 1 aromatic carbocycles. The molecular formula is C9H8BNO4. The van der Waals surface area contributed by atoms with E-state index in [0.29, 0.717) is 10.9 Å². The molecule has 2 rings (SSSR count). The van der Waals surface area contributed by atoms with Crippen LogP contribution in [-0.2, 0) is 0 Å². The highest BCUT2D eigenvalue weighted by molar-refractivity contribution is 6.62. The maximum absolute atomic E-state index is 10.7. The number of carboxylic acid groups (broad SMARTS) is 1. The predicted octanol–water partition coefficient (Wildman–Crippen LogP) is -0.454. The number of fused-ring (bicyclic) bond motifs is 1. The number of carbonyl (C=O) groups is 1. The summed E-state index contributed by atoms with van der Waals surface area (Å²) in [4.78, 5) is 13.4. The first kappa shape index (κ1) is 9.76. The first-order chi connectivity index (χ1) is 7.09. The van der Waals surface area contributed by atoms with Gasteiger partial charge in [0, 0.05) is 10.9 Å². The quantitative estimate of drug-likeness (QED) is 0.499. The smallest absolute Gasteiger partial charge is 0.477 e. The van der Waals surface area contributed by atoms with Crippen molar-refractivity contribution < 1.29 is 19.9 Å². The van der Waals surface area contributed by atoms with E-state index in [1.807, 2.05) is 0 Å². The third kappa shape index (κ3) is 1.60. The van der Waals surface area contributed by atoms with Gasteiger partial charge in [0.25, 0.3) is 0 Å². The molecule has 0 aliphatic rings. The predicted molar refractivity (Wildman–Crippen MR) is 55.1 cm³/mol. The number of nitrogens with one attached hydrogen (secondary N) is 1. The van der Waals surface area contributed by atoms with Gasteiger partial charge in [0.05, 0.1) is 0 Å². The van der Waals surface area contributed by atoms with Crippen molar-refractivity contribution in [1.82, 2.24) is 4.98 Å². The van der Waals surface area contributed by atoms with Crippen LogP contribution in [0.5, 0.6) is 0 Å². The second-order valence-corrected chi connectivity index (χ2v) is 3.17. The van der Waals surface area contributed by atoms with Crippen molar-refractivity contribution in [3.05, 3.63) is 30.0 Å². The largest absolute Gasteiger partial charge is 0.489 e. The van der Waals surface area contributed by atoms with Crippen molar-refractivity contribution in [2.45, 2.75) is 0 Å². The van der Waals surface area contributed by atoms with Gasteiger partial charge in [-0.1, -0.05) is 12.1 Å². The van der Waals surface area contributed by atoms with Crippen molar-refractivity contribution in [3.63, 3.8) is 0 Å². The Labute approximate surface area is 85.1 Å². The molecule has 1 aromatic heterocycles. The number of aromatic amines is 1. The molecule has 0 fully saturated rings. The Hall–Kier alpha value is -1.79. The van der Waals surface area contributed by atoms with Gasteiger partial charge in [-0.15, -0.1) is 0 Å². The first-order valence-electron chi connectivity index (χ1n) is 4.30. The van der Waals surface area contributed by atoms with Crippen molar-refractivity contribution >= 4 is 29.5 Å². The summed E-state index contributed by atoms with van der Waals surface area (Å²) >= 11 is 0. The van der Waals surface area contributed by atoms with E-state index in [2.05, 4.69) is 4.98 Å². The van der Waals surface area contributed by atoms with E-state index < -0.39 is 13.1 Å². The summed E-state index contributed by atoms with van der Waals surface area (Å²) in [5.74, 6) is -1.08. The minimum Gasteiger partial charge on any atom is -0.477 e. The number of rotatable bonds is 2. The van der Waals surface area contributed by atoms with Gasteiger partial charge >= 0.3 is 13.1 Å². The maximum Gasteiger partial charge on any atom is 0.489 e. The lowest BCUT2D eigenvalue weighted by Gasteiger charge is -1.99. The highest BCUT2D eigenvalue weighted by Crippen LogP contribution is 2.13. The molecule has 0 unspecified atom stereocenters. The molecule has 0 radical (unpaired) electrons. The lowest BCUT2D eigenvalue weighted by Crippen LogP contribution is -2.30. The van der Waals surface area contributed by atoms with E-state index in [9.17, 15) is 4.79 Å². The average molecular weight is 205 g/mol. The van der Waals surface area contributed by atoms with Crippen LogP contribution in [0.15, 0.2) is 24.3 Å². The Bertz CT molecular complexity index is 520. The Morgan fingerprint density at radius 2 is 2.07 bits per heavy atom. The van der Waals surface area contributed by atoms with E-state index in [1.165, 1.54) is 12.1 Å². The fourth-order valence-electron chi connectivity index (χ4n) is 1.52. The normalized spacial score (nSPS) is 10.5. The van der Waals surface area contributed by atoms with Gasteiger partial charge in [-0.2, -0.15) is 0 Å². The third-order valence-corrected chi connectivity index (χ3v) is 2.21. The molecule has 0 saturated carbocycles. The molecule has 15 heavy (non-hydrogen) atoms. The van der Waals surface area contributed by atoms with Gasteiger partial charge in [-0.25, -0.2) is 4.79 Å². The summed E-state index contributed by atoms with van der Waals surface area (Å²) in [6.45, 7) is 0. The molecule has 76 valence electrons. The summed E-state index contributed by atoms with van der Waals surface area (Å²) in [5.41, 5.74) is 0.882. The second kappa shape index (κ2) is 3.41. The van der Waals surface area contributed by atoms with E-state index in [4.69, 9.17) is 15.2 Å². The molecule has 0 aliphatic carbocycles. The molecule has 0 spiro atoms. The van der Waals surface area contributed by atoms with Crippen LogP contribution >= 0.6 is 0 Å². The lowest BCUT2D eigenvalue weighted by atomic mass is 9.78. The molecule has 2 aromatic rings. The van der Waals surface area contributed by atoms with Gasteiger partial charge in [0.1, 0.15) is 5.69 Å². The van der Waals surface area contributed by atoms with Crippen LogP contribution in [0.1, 0.15) is 10.5 Å². The lowest BCUT2D eigenvalue weighted by molar-refractivity contribution is 0.0691. The summed E-state index contributed by atoms with van der Waals surface area (Å²) in [6.07, 6.45) is 0. The van der Waals surface area contributed by atoms with Crippen molar-refractivity contribution in [1.29, 1.82) is 0 Å². The zero-order valence-corrected chi connectivity index (χ0v) is 7.64. The van der Waals surface area contributed by atoms with Crippen molar-refractivity contribution in [2.24, 2.45) is 0 Å². The summed E-state index contributed by atoms with van der Waals surface area (Å²) in [5, 5.41) is 27.4. The van der Waals surface area contributed by atoms with Crippen LogP contribution in [0.2, 0.25) is 0 Å². The fourth-order valence-corrected chi connectivity index (χ4v) is 1.52. The van der Waals surface area contributed by atoms with Crippen LogP contribution in [0.3, 0.4) is 0 Å². The van der Waals surface area contributed by atoms with Gasteiger partial charge in [0.15, 0.2) is 0 Å². The Morgan fingerprint density at radius 1 is 1.33 bits per heavy atom. The topological polar surface area (TPSA) is 93.6 Å². The SMILES string of the molecule is O=C(O)c1cc2c(B(O)O)cccc2[nH]1. The van der Waals surface area contributed by atoms with Crippen LogP contribution in [0, 0.1) is 0 Å². The van der Waals surface area contributed by atoms with Crippen LogP contribution < -0.4 is 5.46 Å². The zero-order chi connectivity index (χ0) is 11.0. The molecule has 4 N–H and O–H groups in total. The van der Waals surface area contributed by atoms with E-state index in [-0.39, 0.29) is 11.2 Å².